The Morgan fingerprint density at radius 2 is 1.48 bits per heavy atom. The van der Waals surface area contributed by atoms with Gasteiger partial charge in [0, 0.05) is 66.8 Å². The lowest BCUT2D eigenvalue weighted by Gasteiger charge is -2.08. The molecule has 0 fully saturated rings. The van der Waals surface area contributed by atoms with Crippen molar-refractivity contribution in [3.8, 4) is 33.5 Å². The van der Waals surface area contributed by atoms with Gasteiger partial charge in [-0.1, -0.05) is 54.6 Å². The summed E-state index contributed by atoms with van der Waals surface area (Å²) in [6.07, 6.45) is 6.09. The van der Waals surface area contributed by atoms with E-state index >= 15 is 0 Å². The van der Waals surface area contributed by atoms with Crippen molar-refractivity contribution in [2.45, 2.75) is 6.92 Å². The Bertz CT molecular complexity index is 2260. The number of para-hydroxylation sites is 2. The predicted molar refractivity (Wildman–Crippen MR) is 170 cm³/mol. The molecule has 0 saturated carbocycles. The molecule has 0 amide bonds. The molecule has 4 nitrogen and oxygen atoms in total. The summed E-state index contributed by atoms with van der Waals surface area (Å²) in [6.45, 7) is 2.15. The molecule has 4 aromatic carbocycles. The molecule has 2 N–H and O–H groups in total. The normalized spacial score (nSPS) is 11.8. The first-order valence-corrected chi connectivity index (χ1v) is 14.1. The number of nitrogens with one attached hydrogen (secondary N) is 2. The van der Waals surface area contributed by atoms with Crippen LogP contribution in [-0.4, -0.2) is 19.9 Å². The Morgan fingerprint density at radius 3 is 2.42 bits per heavy atom. The zero-order chi connectivity index (χ0) is 26.8. The summed E-state index contributed by atoms with van der Waals surface area (Å²) >= 11 is 3.64. The van der Waals surface area contributed by atoms with Gasteiger partial charge in [0.1, 0.15) is 0 Å². The average Bonchev–Trinajstić information content (AvgIpc) is 3.62. The summed E-state index contributed by atoms with van der Waals surface area (Å²) in [5, 5.41) is 4.66. The standard InChI is InChI=1S/C35H23BrN4/c1-20-13-34(40-31-8-3-2-5-25(20)31)29-19-38-33-16-22(11-12-26(29)33)21-9-10-23-14-24(17-37-32(23)15-21)28-18-39-35-27(28)6-4-7-30(35)36/h2-19,38-39H,1H3. The Kier molecular flexibility index (Phi) is 5.16. The lowest BCUT2D eigenvalue weighted by molar-refractivity contribution is 1.36. The highest BCUT2D eigenvalue weighted by molar-refractivity contribution is 9.10. The molecule has 8 rings (SSSR count). The first-order valence-electron chi connectivity index (χ1n) is 13.3. The minimum Gasteiger partial charge on any atom is -0.360 e. The molecule has 190 valence electrons. The summed E-state index contributed by atoms with van der Waals surface area (Å²) in [7, 11) is 0. The Morgan fingerprint density at radius 1 is 0.650 bits per heavy atom. The number of aryl methyl sites for hydroxylation is 1. The van der Waals surface area contributed by atoms with Crippen LogP contribution in [0.4, 0.5) is 0 Å². The minimum absolute atomic E-state index is 0.977. The van der Waals surface area contributed by atoms with E-state index in [1.54, 1.807) is 0 Å². The molecule has 0 spiro atoms. The second-order valence-corrected chi connectivity index (χ2v) is 11.2. The minimum atomic E-state index is 0.977. The topological polar surface area (TPSA) is 57.4 Å². The number of fused-ring (bicyclic) bond motifs is 4. The Balaban J connectivity index is 1.16. The monoisotopic (exact) mass is 578 g/mol. The fraction of sp³-hybridized carbons (Fsp3) is 0.0286. The van der Waals surface area contributed by atoms with Crippen LogP contribution < -0.4 is 0 Å². The van der Waals surface area contributed by atoms with E-state index in [0.29, 0.717) is 0 Å². The lowest BCUT2D eigenvalue weighted by Crippen LogP contribution is -1.88. The number of hydrogen-bond acceptors (Lipinski definition) is 2. The summed E-state index contributed by atoms with van der Waals surface area (Å²) in [5.74, 6) is 0. The molecule has 4 heterocycles. The summed E-state index contributed by atoms with van der Waals surface area (Å²) in [6, 6.07) is 32.1. The number of aromatic nitrogens is 4. The SMILES string of the molecule is Cc1cc(-c2c[nH]c3cc(-c4ccc5cc(-c6c[nH]c7c(Br)cccc67)cnc5c4)ccc23)nc2ccccc12. The van der Waals surface area contributed by atoms with Gasteiger partial charge in [-0.05, 0) is 75.9 Å². The van der Waals surface area contributed by atoms with E-state index in [0.717, 1.165) is 65.4 Å². The van der Waals surface area contributed by atoms with Crippen molar-refractivity contribution in [3.05, 3.63) is 120 Å². The number of rotatable bonds is 3. The van der Waals surface area contributed by atoms with Crippen LogP contribution in [0, 0.1) is 6.92 Å². The van der Waals surface area contributed by atoms with E-state index < -0.39 is 0 Å². The molecule has 0 aliphatic rings. The number of halogens is 1. The fourth-order valence-electron chi connectivity index (χ4n) is 5.81. The van der Waals surface area contributed by atoms with Gasteiger partial charge in [0.15, 0.2) is 0 Å². The molecule has 40 heavy (non-hydrogen) atoms. The number of pyridine rings is 2. The van der Waals surface area contributed by atoms with Gasteiger partial charge in [0.25, 0.3) is 0 Å². The van der Waals surface area contributed by atoms with Crippen LogP contribution in [-0.2, 0) is 0 Å². The van der Waals surface area contributed by atoms with E-state index in [4.69, 9.17) is 9.97 Å². The molecular formula is C35H23BrN4. The lowest BCUT2D eigenvalue weighted by atomic mass is 9.99. The molecular weight excluding hydrogens is 556 g/mol. The summed E-state index contributed by atoms with van der Waals surface area (Å²) in [5.41, 5.74) is 12.1. The van der Waals surface area contributed by atoms with Crippen LogP contribution in [0.2, 0.25) is 0 Å². The summed E-state index contributed by atoms with van der Waals surface area (Å²) < 4.78 is 1.06. The van der Waals surface area contributed by atoms with Crippen LogP contribution >= 0.6 is 15.9 Å². The van der Waals surface area contributed by atoms with Crippen molar-refractivity contribution >= 4 is 59.5 Å². The number of nitrogens with zero attached hydrogens (tertiary/aromatic N) is 2. The molecule has 8 aromatic rings. The third kappa shape index (κ3) is 3.66. The highest BCUT2D eigenvalue weighted by Crippen LogP contribution is 2.35. The Hall–Kier alpha value is -4.74. The van der Waals surface area contributed by atoms with E-state index in [1.807, 2.05) is 12.3 Å². The first kappa shape index (κ1) is 23.2. The fourth-order valence-corrected chi connectivity index (χ4v) is 6.29. The number of hydrogen-bond donors (Lipinski definition) is 2. The van der Waals surface area contributed by atoms with Crippen molar-refractivity contribution in [1.82, 2.24) is 19.9 Å². The van der Waals surface area contributed by atoms with Crippen LogP contribution in [0.15, 0.2) is 114 Å². The van der Waals surface area contributed by atoms with Crippen molar-refractivity contribution in [2.75, 3.05) is 0 Å². The van der Waals surface area contributed by atoms with E-state index in [1.165, 1.54) is 21.7 Å². The van der Waals surface area contributed by atoms with Crippen molar-refractivity contribution in [1.29, 1.82) is 0 Å². The maximum Gasteiger partial charge on any atom is 0.0733 e. The number of H-pyrrole nitrogens is 2. The predicted octanol–water partition coefficient (Wildman–Crippen LogP) is 9.82. The van der Waals surface area contributed by atoms with Gasteiger partial charge in [0.05, 0.1) is 22.2 Å². The average molecular weight is 580 g/mol. The number of benzene rings is 4. The molecule has 0 atom stereocenters. The van der Waals surface area contributed by atoms with Crippen LogP contribution in [0.1, 0.15) is 5.56 Å². The van der Waals surface area contributed by atoms with E-state index in [9.17, 15) is 0 Å². The smallest absolute Gasteiger partial charge is 0.0733 e. The van der Waals surface area contributed by atoms with Gasteiger partial charge in [-0.15, -0.1) is 0 Å². The van der Waals surface area contributed by atoms with Gasteiger partial charge in [-0.3, -0.25) is 4.98 Å². The van der Waals surface area contributed by atoms with E-state index in [2.05, 4.69) is 130 Å². The number of aromatic amines is 2. The van der Waals surface area contributed by atoms with Gasteiger partial charge in [-0.2, -0.15) is 0 Å². The summed E-state index contributed by atoms with van der Waals surface area (Å²) in [4.78, 5) is 16.7. The molecule has 5 heteroatoms. The third-order valence-corrected chi connectivity index (χ3v) is 8.53. The second-order valence-electron chi connectivity index (χ2n) is 10.3. The van der Waals surface area contributed by atoms with Crippen LogP contribution in [0.3, 0.4) is 0 Å². The zero-order valence-electron chi connectivity index (χ0n) is 21.7. The highest BCUT2D eigenvalue weighted by Gasteiger charge is 2.13. The van der Waals surface area contributed by atoms with Gasteiger partial charge in [0.2, 0.25) is 0 Å². The second kappa shape index (κ2) is 8.90. The van der Waals surface area contributed by atoms with E-state index in [-0.39, 0.29) is 0 Å². The molecule has 0 aliphatic heterocycles. The molecule has 0 saturated heterocycles. The Labute approximate surface area is 238 Å². The molecule has 0 radical (unpaired) electrons. The molecule has 0 aliphatic carbocycles. The van der Waals surface area contributed by atoms with Crippen molar-refractivity contribution in [2.24, 2.45) is 0 Å². The van der Waals surface area contributed by atoms with Gasteiger partial charge >= 0.3 is 0 Å². The molecule has 0 bridgehead atoms. The third-order valence-electron chi connectivity index (χ3n) is 7.87. The molecule has 4 aromatic heterocycles. The van der Waals surface area contributed by atoms with Crippen molar-refractivity contribution in [3.63, 3.8) is 0 Å². The maximum atomic E-state index is 4.96. The van der Waals surface area contributed by atoms with Crippen LogP contribution in [0.5, 0.6) is 0 Å². The largest absolute Gasteiger partial charge is 0.360 e. The van der Waals surface area contributed by atoms with Crippen LogP contribution in [0.25, 0.3) is 77.1 Å². The van der Waals surface area contributed by atoms with Gasteiger partial charge in [-0.25, -0.2) is 4.98 Å². The van der Waals surface area contributed by atoms with Gasteiger partial charge < -0.3 is 9.97 Å². The first-order chi connectivity index (χ1) is 19.6. The quantitative estimate of drug-likeness (QED) is 0.219. The molecule has 0 unspecified atom stereocenters. The maximum absolute atomic E-state index is 4.96. The zero-order valence-corrected chi connectivity index (χ0v) is 23.3. The van der Waals surface area contributed by atoms with Crippen molar-refractivity contribution < 1.29 is 0 Å². The highest BCUT2D eigenvalue weighted by atomic mass is 79.9.